The number of hydrogen-bond acceptors (Lipinski definition) is 6. The number of aliphatic hydroxyl groups excluding tert-OH is 1. The summed E-state index contributed by atoms with van der Waals surface area (Å²) in [5.41, 5.74) is 1.85. The number of carbonyl (C=O) groups is 2. The molecule has 1 unspecified atom stereocenters. The molecule has 0 saturated carbocycles. The van der Waals surface area contributed by atoms with Gasteiger partial charge in [0.05, 0.1) is 18.2 Å². The number of aryl methyl sites for hydroxylation is 1. The SMILES string of the molecule is CCCOc1ccc(/C(O)=C2/C(=O)C(=O)N(CCN(CC)CC)C2c2cccc(O)c2)cc1C. The molecule has 3 rings (SSSR count). The summed E-state index contributed by atoms with van der Waals surface area (Å²) >= 11 is 0. The maximum Gasteiger partial charge on any atom is 0.295 e. The van der Waals surface area contributed by atoms with Crippen molar-refractivity contribution in [2.24, 2.45) is 0 Å². The summed E-state index contributed by atoms with van der Waals surface area (Å²) in [6.07, 6.45) is 0.877. The number of nitrogens with zero attached hydrogens (tertiary/aromatic N) is 2. The summed E-state index contributed by atoms with van der Waals surface area (Å²) in [6.45, 7) is 11.1. The average molecular weight is 467 g/mol. The summed E-state index contributed by atoms with van der Waals surface area (Å²) in [5, 5.41) is 21.3. The maximum absolute atomic E-state index is 13.2. The first-order valence-corrected chi connectivity index (χ1v) is 11.9. The second kappa shape index (κ2) is 11.2. The standard InChI is InChI=1S/C27H34N2O5/c1-5-15-34-22-12-11-20(16-18(22)4)25(31)23-24(19-9-8-10-21(30)17-19)29(27(33)26(23)32)14-13-28(6-2)7-3/h8-12,16-17,24,30-31H,5-7,13-15H2,1-4H3/b25-23-. The third-order valence-corrected chi connectivity index (χ3v) is 6.19. The molecule has 1 amide bonds. The Morgan fingerprint density at radius 1 is 1.09 bits per heavy atom. The van der Waals surface area contributed by atoms with Crippen molar-refractivity contribution in [2.45, 2.75) is 40.2 Å². The van der Waals surface area contributed by atoms with E-state index in [-0.39, 0.29) is 17.1 Å². The van der Waals surface area contributed by atoms with Gasteiger partial charge in [-0.1, -0.05) is 32.9 Å². The van der Waals surface area contributed by atoms with Gasteiger partial charge in [0.1, 0.15) is 17.3 Å². The second-order valence-electron chi connectivity index (χ2n) is 8.44. The molecule has 1 aliphatic rings. The lowest BCUT2D eigenvalue weighted by molar-refractivity contribution is -0.140. The topological polar surface area (TPSA) is 90.3 Å². The van der Waals surface area contributed by atoms with E-state index in [9.17, 15) is 19.8 Å². The molecule has 2 aromatic carbocycles. The van der Waals surface area contributed by atoms with Crippen LogP contribution < -0.4 is 4.74 Å². The number of aliphatic hydroxyl groups is 1. The van der Waals surface area contributed by atoms with Crippen LogP contribution in [0, 0.1) is 6.92 Å². The number of rotatable bonds is 10. The quantitative estimate of drug-likeness (QED) is 0.309. The number of amides is 1. The van der Waals surface area contributed by atoms with E-state index in [1.54, 1.807) is 30.3 Å². The Morgan fingerprint density at radius 2 is 1.82 bits per heavy atom. The first-order valence-electron chi connectivity index (χ1n) is 11.9. The highest BCUT2D eigenvalue weighted by molar-refractivity contribution is 6.46. The van der Waals surface area contributed by atoms with Gasteiger partial charge in [-0.25, -0.2) is 0 Å². The summed E-state index contributed by atoms with van der Waals surface area (Å²) in [4.78, 5) is 29.9. The van der Waals surface area contributed by atoms with E-state index in [1.165, 1.54) is 17.0 Å². The van der Waals surface area contributed by atoms with E-state index in [2.05, 4.69) is 4.90 Å². The third-order valence-electron chi connectivity index (χ3n) is 6.19. The fourth-order valence-corrected chi connectivity index (χ4v) is 4.27. The van der Waals surface area contributed by atoms with Gasteiger partial charge < -0.3 is 24.7 Å². The van der Waals surface area contributed by atoms with Gasteiger partial charge in [-0.05, 0) is 67.9 Å². The van der Waals surface area contributed by atoms with Gasteiger partial charge in [-0.3, -0.25) is 9.59 Å². The molecule has 1 fully saturated rings. The van der Waals surface area contributed by atoms with Crippen molar-refractivity contribution in [1.82, 2.24) is 9.80 Å². The summed E-state index contributed by atoms with van der Waals surface area (Å²) < 4.78 is 5.72. The van der Waals surface area contributed by atoms with Crippen LogP contribution in [0.15, 0.2) is 48.0 Å². The number of hydrogen-bond donors (Lipinski definition) is 2. The van der Waals surface area contributed by atoms with Crippen molar-refractivity contribution in [3.05, 3.63) is 64.7 Å². The van der Waals surface area contributed by atoms with Gasteiger partial charge in [0.2, 0.25) is 0 Å². The van der Waals surface area contributed by atoms with E-state index in [1.807, 2.05) is 27.7 Å². The Morgan fingerprint density at radius 3 is 2.44 bits per heavy atom. The van der Waals surface area contributed by atoms with Crippen molar-refractivity contribution < 1.29 is 24.5 Å². The molecule has 0 spiro atoms. The number of ether oxygens (including phenoxy) is 1. The molecular formula is C27H34N2O5. The monoisotopic (exact) mass is 466 g/mol. The van der Waals surface area contributed by atoms with Crippen LogP contribution in [0.1, 0.15) is 49.9 Å². The molecule has 0 radical (unpaired) electrons. The van der Waals surface area contributed by atoms with Gasteiger partial charge in [-0.2, -0.15) is 0 Å². The molecule has 1 aliphatic heterocycles. The normalized spacial score (nSPS) is 17.6. The average Bonchev–Trinajstić information content (AvgIpc) is 3.08. The van der Waals surface area contributed by atoms with Crippen molar-refractivity contribution in [3.8, 4) is 11.5 Å². The van der Waals surface area contributed by atoms with Crippen LogP contribution in [-0.2, 0) is 9.59 Å². The summed E-state index contributed by atoms with van der Waals surface area (Å²) in [7, 11) is 0. The molecule has 34 heavy (non-hydrogen) atoms. The number of benzene rings is 2. The van der Waals surface area contributed by atoms with Gasteiger partial charge in [0.15, 0.2) is 0 Å². The van der Waals surface area contributed by atoms with Crippen LogP contribution in [0.5, 0.6) is 11.5 Å². The highest BCUT2D eigenvalue weighted by atomic mass is 16.5. The van der Waals surface area contributed by atoms with Crippen LogP contribution in [0.2, 0.25) is 0 Å². The Kier molecular flexibility index (Phi) is 8.34. The highest BCUT2D eigenvalue weighted by Crippen LogP contribution is 2.40. The predicted molar refractivity (Wildman–Crippen MR) is 132 cm³/mol. The molecule has 1 atom stereocenters. The fraction of sp³-hybridized carbons (Fsp3) is 0.407. The zero-order valence-corrected chi connectivity index (χ0v) is 20.4. The van der Waals surface area contributed by atoms with Crippen LogP contribution in [-0.4, -0.2) is 64.5 Å². The Labute approximate surface area is 201 Å². The summed E-state index contributed by atoms with van der Waals surface area (Å²) in [6, 6.07) is 10.9. The lowest BCUT2D eigenvalue weighted by Crippen LogP contribution is -2.38. The number of aromatic hydroxyl groups is 1. The molecule has 2 N–H and O–H groups in total. The van der Waals surface area contributed by atoms with Crippen molar-refractivity contribution >= 4 is 17.4 Å². The van der Waals surface area contributed by atoms with E-state index in [4.69, 9.17) is 4.74 Å². The Hall–Kier alpha value is -3.32. The maximum atomic E-state index is 13.2. The fourth-order valence-electron chi connectivity index (χ4n) is 4.27. The van der Waals surface area contributed by atoms with Gasteiger partial charge in [0.25, 0.3) is 11.7 Å². The number of phenols is 1. The van der Waals surface area contributed by atoms with E-state index >= 15 is 0 Å². The van der Waals surface area contributed by atoms with E-state index in [0.717, 1.165) is 25.1 Å². The third kappa shape index (κ3) is 5.25. The Balaban J connectivity index is 2.07. The van der Waals surface area contributed by atoms with Crippen molar-refractivity contribution in [1.29, 1.82) is 0 Å². The lowest BCUT2D eigenvalue weighted by Gasteiger charge is -2.28. The predicted octanol–water partition coefficient (Wildman–Crippen LogP) is 4.25. The molecular weight excluding hydrogens is 432 g/mol. The minimum Gasteiger partial charge on any atom is -0.508 e. The minimum absolute atomic E-state index is 0.0248. The number of likely N-dealkylation sites (tertiary alicyclic amines) is 1. The second-order valence-corrected chi connectivity index (χ2v) is 8.44. The lowest BCUT2D eigenvalue weighted by atomic mass is 9.94. The smallest absolute Gasteiger partial charge is 0.295 e. The molecule has 2 aromatic rings. The van der Waals surface area contributed by atoms with Crippen LogP contribution in [0.4, 0.5) is 0 Å². The number of phenolic OH excluding ortho intramolecular Hbond substituents is 1. The number of carbonyl (C=O) groups excluding carboxylic acids is 2. The number of Topliss-reactive ketones (excluding diaryl/α,β-unsaturated/α-hetero) is 1. The number of ketones is 1. The van der Waals surface area contributed by atoms with E-state index in [0.29, 0.717) is 36.6 Å². The molecule has 1 saturated heterocycles. The van der Waals surface area contributed by atoms with Crippen LogP contribution in [0.25, 0.3) is 5.76 Å². The van der Waals surface area contributed by atoms with Gasteiger partial charge in [0, 0.05) is 18.7 Å². The molecule has 182 valence electrons. The Bertz CT molecular complexity index is 1070. The van der Waals surface area contributed by atoms with E-state index < -0.39 is 17.7 Å². The van der Waals surface area contributed by atoms with Crippen LogP contribution >= 0.6 is 0 Å². The van der Waals surface area contributed by atoms with Crippen molar-refractivity contribution in [2.75, 3.05) is 32.8 Å². The molecule has 7 heteroatoms. The number of likely N-dealkylation sites (N-methyl/N-ethyl adjacent to an activating group) is 1. The van der Waals surface area contributed by atoms with Crippen LogP contribution in [0.3, 0.4) is 0 Å². The first kappa shape index (κ1) is 25.3. The molecule has 0 aliphatic carbocycles. The molecule has 0 bridgehead atoms. The molecule has 1 heterocycles. The van der Waals surface area contributed by atoms with Gasteiger partial charge >= 0.3 is 0 Å². The van der Waals surface area contributed by atoms with Gasteiger partial charge in [-0.15, -0.1) is 0 Å². The zero-order valence-electron chi connectivity index (χ0n) is 20.4. The summed E-state index contributed by atoms with van der Waals surface area (Å²) in [5.74, 6) is -0.874. The highest BCUT2D eigenvalue weighted by Gasteiger charge is 2.46. The zero-order chi connectivity index (χ0) is 24.8. The molecule has 7 nitrogen and oxygen atoms in total. The minimum atomic E-state index is -0.793. The largest absolute Gasteiger partial charge is 0.508 e. The van der Waals surface area contributed by atoms with Crippen molar-refractivity contribution in [3.63, 3.8) is 0 Å². The molecule has 0 aromatic heterocycles. The first-order chi connectivity index (χ1) is 16.3.